The van der Waals surface area contributed by atoms with Crippen LogP contribution in [-0.4, -0.2) is 23.3 Å². The van der Waals surface area contributed by atoms with Crippen LogP contribution in [0, 0.1) is 0 Å². The summed E-state index contributed by atoms with van der Waals surface area (Å²) in [6.45, 7) is 0.265. The molecule has 0 aliphatic carbocycles. The van der Waals surface area contributed by atoms with Gasteiger partial charge in [0.15, 0.2) is 5.78 Å². The molecule has 0 saturated carbocycles. The van der Waals surface area contributed by atoms with Crippen molar-refractivity contribution in [2.75, 3.05) is 6.61 Å². The van der Waals surface area contributed by atoms with Gasteiger partial charge < -0.3 is 15.2 Å². The van der Waals surface area contributed by atoms with Crippen LogP contribution in [0.15, 0.2) is 54.7 Å². The summed E-state index contributed by atoms with van der Waals surface area (Å²) in [6.07, 6.45) is -3.29. The number of aromatic nitrogens is 1. The molecule has 3 aromatic rings. The van der Waals surface area contributed by atoms with E-state index in [1.807, 2.05) is 0 Å². The number of benzene rings is 2. The Hall–Kier alpha value is -3.88. The fourth-order valence-electron chi connectivity index (χ4n) is 3.45. The lowest BCUT2D eigenvalue weighted by Crippen LogP contribution is -2.15. The van der Waals surface area contributed by atoms with E-state index in [0.29, 0.717) is 29.0 Å². The highest BCUT2D eigenvalue weighted by Crippen LogP contribution is 2.35. The Morgan fingerprint density at radius 3 is 2.72 bits per heavy atom. The summed E-state index contributed by atoms with van der Waals surface area (Å²) in [5.41, 5.74) is 5.64. The van der Waals surface area contributed by atoms with Gasteiger partial charge in [0.05, 0.1) is 12.2 Å². The molecule has 164 valence electrons. The van der Waals surface area contributed by atoms with Crippen molar-refractivity contribution in [3.63, 3.8) is 0 Å². The van der Waals surface area contributed by atoms with Crippen molar-refractivity contribution in [2.24, 2.45) is 5.73 Å². The van der Waals surface area contributed by atoms with Crippen molar-refractivity contribution in [3.8, 4) is 17.2 Å². The van der Waals surface area contributed by atoms with Gasteiger partial charge in [-0.15, -0.1) is 0 Å². The minimum atomic E-state index is -4.60. The number of carbonyl (C=O) groups is 2. The highest BCUT2D eigenvalue weighted by molar-refractivity contribution is 5.99. The molecule has 0 saturated heterocycles. The largest absolute Gasteiger partial charge is 0.492 e. The van der Waals surface area contributed by atoms with E-state index in [4.69, 9.17) is 15.2 Å². The van der Waals surface area contributed by atoms with Gasteiger partial charge in [-0.3, -0.25) is 14.6 Å². The predicted molar refractivity (Wildman–Crippen MR) is 108 cm³/mol. The number of hydrogen-bond donors (Lipinski definition) is 1. The minimum Gasteiger partial charge on any atom is -0.492 e. The standard InChI is InChI=1S/C23H17F3N2O4/c24-23(25,26)21-11-13(6-8-28-21)10-17-15(22(27)30)2-1-3-19(17)32-14-4-5-16-18(29)7-9-31-20(16)12-14/h1-6,8,11-12H,7,9-10H2,(H2,27,30). The Morgan fingerprint density at radius 1 is 1.16 bits per heavy atom. The molecule has 0 spiro atoms. The monoisotopic (exact) mass is 442 g/mol. The molecule has 32 heavy (non-hydrogen) atoms. The second-order valence-electron chi connectivity index (χ2n) is 7.15. The van der Waals surface area contributed by atoms with E-state index in [-0.39, 0.29) is 35.7 Å². The number of ether oxygens (including phenoxy) is 2. The van der Waals surface area contributed by atoms with Gasteiger partial charge in [-0.05, 0) is 42.0 Å². The van der Waals surface area contributed by atoms with Gasteiger partial charge in [-0.25, -0.2) is 0 Å². The Labute approximate surface area is 180 Å². The number of carbonyl (C=O) groups excluding carboxylic acids is 2. The molecule has 4 rings (SSSR count). The molecule has 0 atom stereocenters. The first-order valence-corrected chi connectivity index (χ1v) is 9.64. The quantitative estimate of drug-likeness (QED) is 0.626. The number of hydrogen-bond acceptors (Lipinski definition) is 5. The summed E-state index contributed by atoms with van der Waals surface area (Å²) < 4.78 is 50.6. The van der Waals surface area contributed by atoms with Crippen LogP contribution in [-0.2, 0) is 12.6 Å². The average Bonchev–Trinajstić information content (AvgIpc) is 2.74. The average molecular weight is 442 g/mol. The molecule has 6 nitrogen and oxygen atoms in total. The summed E-state index contributed by atoms with van der Waals surface area (Å²) in [4.78, 5) is 27.3. The Bertz CT molecular complexity index is 1210. The van der Waals surface area contributed by atoms with Crippen LogP contribution in [0.5, 0.6) is 17.2 Å². The summed E-state index contributed by atoms with van der Waals surface area (Å²) >= 11 is 0. The van der Waals surface area contributed by atoms with Crippen molar-refractivity contribution < 1.29 is 32.2 Å². The number of primary amides is 1. The van der Waals surface area contributed by atoms with Crippen LogP contribution in [0.3, 0.4) is 0 Å². The molecule has 9 heteroatoms. The first-order valence-electron chi connectivity index (χ1n) is 9.64. The molecule has 1 aromatic heterocycles. The van der Waals surface area contributed by atoms with Crippen molar-refractivity contribution in [1.29, 1.82) is 0 Å². The second kappa shape index (κ2) is 8.33. The third kappa shape index (κ3) is 4.41. The van der Waals surface area contributed by atoms with Crippen LogP contribution in [0.4, 0.5) is 13.2 Å². The van der Waals surface area contributed by atoms with Crippen LogP contribution in [0.25, 0.3) is 0 Å². The Morgan fingerprint density at radius 2 is 1.97 bits per heavy atom. The summed E-state index contributed by atoms with van der Waals surface area (Å²) in [6, 6.07) is 11.7. The van der Waals surface area contributed by atoms with Crippen LogP contribution in [0.1, 0.15) is 44.0 Å². The molecule has 0 radical (unpaired) electrons. The molecule has 1 amide bonds. The van der Waals surface area contributed by atoms with Crippen LogP contribution in [0.2, 0.25) is 0 Å². The van der Waals surface area contributed by atoms with E-state index < -0.39 is 17.8 Å². The number of rotatable bonds is 5. The minimum absolute atomic E-state index is 0.0348. The predicted octanol–water partition coefficient (Wildman–Crippen LogP) is 4.55. The van der Waals surface area contributed by atoms with Gasteiger partial charge in [-0.2, -0.15) is 13.2 Å². The van der Waals surface area contributed by atoms with E-state index in [9.17, 15) is 22.8 Å². The molecular formula is C23H17F3N2O4. The SMILES string of the molecule is NC(=O)c1cccc(Oc2ccc3c(c2)OCCC3=O)c1Cc1ccnc(C(F)(F)F)c1. The molecule has 0 bridgehead atoms. The second-order valence-corrected chi connectivity index (χ2v) is 7.15. The van der Waals surface area contributed by atoms with E-state index in [1.54, 1.807) is 30.3 Å². The highest BCUT2D eigenvalue weighted by Gasteiger charge is 2.32. The lowest BCUT2D eigenvalue weighted by atomic mass is 9.98. The van der Waals surface area contributed by atoms with Crippen molar-refractivity contribution in [1.82, 2.24) is 4.98 Å². The van der Waals surface area contributed by atoms with Crippen molar-refractivity contribution in [3.05, 3.63) is 82.7 Å². The van der Waals surface area contributed by atoms with Gasteiger partial charge in [0.2, 0.25) is 5.91 Å². The number of ketones is 1. The zero-order valence-corrected chi connectivity index (χ0v) is 16.6. The molecule has 2 heterocycles. The lowest BCUT2D eigenvalue weighted by molar-refractivity contribution is -0.141. The topological polar surface area (TPSA) is 91.5 Å². The number of nitrogens with zero attached hydrogens (tertiary/aromatic N) is 1. The lowest BCUT2D eigenvalue weighted by Gasteiger charge is -2.18. The highest BCUT2D eigenvalue weighted by atomic mass is 19.4. The van der Waals surface area contributed by atoms with E-state index in [2.05, 4.69) is 4.98 Å². The summed E-state index contributed by atoms with van der Waals surface area (Å²) in [5.74, 6) is 0.193. The fraction of sp³-hybridized carbons (Fsp3) is 0.174. The van der Waals surface area contributed by atoms with Crippen LogP contribution < -0.4 is 15.2 Å². The maximum atomic E-state index is 13.0. The number of nitrogens with two attached hydrogens (primary N) is 1. The first kappa shape index (κ1) is 21.4. The van der Waals surface area contributed by atoms with E-state index >= 15 is 0 Å². The number of pyridine rings is 1. The maximum Gasteiger partial charge on any atom is 0.433 e. The first-order chi connectivity index (χ1) is 15.2. The number of fused-ring (bicyclic) bond motifs is 1. The van der Waals surface area contributed by atoms with Crippen molar-refractivity contribution >= 4 is 11.7 Å². The molecule has 2 aromatic carbocycles. The summed E-state index contributed by atoms with van der Waals surface area (Å²) in [7, 11) is 0. The van der Waals surface area contributed by atoms with Crippen molar-refractivity contribution in [2.45, 2.75) is 19.0 Å². The third-order valence-electron chi connectivity index (χ3n) is 4.96. The smallest absolute Gasteiger partial charge is 0.433 e. The molecule has 0 unspecified atom stereocenters. The normalized spacial score (nSPS) is 13.3. The van der Waals surface area contributed by atoms with Gasteiger partial charge in [-0.1, -0.05) is 6.07 Å². The number of halogens is 3. The molecule has 2 N–H and O–H groups in total. The number of amides is 1. The van der Waals surface area contributed by atoms with Gasteiger partial charge >= 0.3 is 6.18 Å². The zero-order valence-electron chi connectivity index (χ0n) is 16.6. The van der Waals surface area contributed by atoms with E-state index in [0.717, 1.165) is 12.3 Å². The van der Waals surface area contributed by atoms with E-state index in [1.165, 1.54) is 12.1 Å². The molecule has 1 aliphatic rings. The number of Topliss-reactive ketones (excluding diaryl/α,β-unsaturated/α-hetero) is 1. The van der Waals surface area contributed by atoms with Gasteiger partial charge in [0.25, 0.3) is 0 Å². The Kier molecular flexibility index (Phi) is 5.56. The summed E-state index contributed by atoms with van der Waals surface area (Å²) in [5, 5.41) is 0. The molecular weight excluding hydrogens is 425 g/mol. The van der Waals surface area contributed by atoms with Gasteiger partial charge in [0.1, 0.15) is 22.9 Å². The Balaban J connectivity index is 1.71. The number of alkyl halides is 3. The van der Waals surface area contributed by atoms with Gasteiger partial charge in [0, 0.05) is 36.2 Å². The fourth-order valence-corrected chi connectivity index (χ4v) is 3.45. The molecule has 0 fully saturated rings. The maximum absolute atomic E-state index is 13.0. The third-order valence-corrected chi connectivity index (χ3v) is 4.96. The molecule has 1 aliphatic heterocycles. The van der Waals surface area contributed by atoms with Crippen LogP contribution >= 0.6 is 0 Å². The zero-order chi connectivity index (χ0) is 22.9.